The number of amides is 1. The summed E-state index contributed by atoms with van der Waals surface area (Å²) in [6, 6.07) is 11.8. The lowest BCUT2D eigenvalue weighted by Crippen LogP contribution is -2.45. The number of carbonyl (C=O) groups is 1. The van der Waals surface area contributed by atoms with Crippen molar-refractivity contribution >= 4 is 29.1 Å². The second kappa shape index (κ2) is 7.14. The first kappa shape index (κ1) is 17.3. The van der Waals surface area contributed by atoms with Gasteiger partial charge in [0.05, 0.1) is 10.0 Å². The van der Waals surface area contributed by atoms with E-state index in [2.05, 4.69) is 42.4 Å². The van der Waals surface area contributed by atoms with Crippen LogP contribution in [0.4, 0.5) is 0 Å². The maximum Gasteiger partial charge on any atom is 0.251 e. The molecule has 2 aromatic rings. The van der Waals surface area contributed by atoms with Crippen molar-refractivity contribution in [3.05, 3.63) is 68.7 Å². The van der Waals surface area contributed by atoms with E-state index in [1.807, 2.05) is 0 Å². The Balaban J connectivity index is 1.65. The van der Waals surface area contributed by atoms with Crippen LogP contribution in [0.1, 0.15) is 27.0 Å². The number of benzene rings is 2. The van der Waals surface area contributed by atoms with Crippen LogP contribution in [0.3, 0.4) is 0 Å². The van der Waals surface area contributed by atoms with Crippen molar-refractivity contribution < 1.29 is 4.79 Å². The molecule has 1 aliphatic heterocycles. The predicted molar refractivity (Wildman–Crippen MR) is 98.9 cm³/mol. The molecule has 1 N–H and O–H groups in total. The molecule has 0 saturated heterocycles. The van der Waals surface area contributed by atoms with Crippen LogP contribution in [0.5, 0.6) is 0 Å². The Morgan fingerprint density at radius 1 is 1.17 bits per heavy atom. The molecule has 0 spiro atoms. The van der Waals surface area contributed by atoms with E-state index in [9.17, 15) is 4.79 Å². The quantitative estimate of drug-likeness (QED) is 0.891. The van der Waals surface area contributed by atoms with Gasteiger partial charge in [0.2, 0.25) is 0 Å². The van der Waals surface area contributed by atoms with E-state index in [1.54, 1.807) is 18.2 Å². The summed E-state index contributed by atoms with van der Waals surface area (Å²) in [5, 5.41) is 3.85. The predicted octanol–water partition coefficient (Wildman–Crippen LogP) is 4.09. The van der Waals surface area contributed by atoms with Gasteiger partial charge in [0.25, 0.3) is 5.91 Å². The third-order valence-electron chi connectivity index (χ3n) is 4.54. The molecule has 0 bridgehead atoms. The third kappa shape index (κ3) is 3.75. The zero-order chi connectivity index (χ0) is 17.3. The molecule has 1 aliphatic rings. The van der Waals surface area contributed by atoms with Gasteiger partial charge in [0.1, 0.15) is 0 Å². The highest BCUT2D eigenvalue weighted by atomic mass is 35.5. The summed E-state index contributed by atoms with van der Waals surface area (Å²) in [5.41, 5.74) is 4.56. The SMILES string of the molecule is Cc1ccc2c(c1)CN(C)[C@@H](CNC(=O)c1ccc(Cl)c(Cl)c1)C2. The molecule has 0 saturated carbocycles. The van der Waals surface area contributed by atoms with Crippen LogP contribution in [-0.2, 0) is 13.0 Å². The van der Waals surface area contributed by atoms with E-state index in [0.29, 0.717) is 22.2 Å². The Morgan fingerprint density at radius 3 is 2.71 bits per heavy atom. The van der Waals surface area contributed by atoms with Gasteiger partial charge < -0.3 is 5.32 Å². The molecule has 2 aromatic carbocycles. The van der Waals surface area contributed by atoms with Crippen LogP contribution in [0.2, 0.25) is 10.0 Å². The molecule has 1 atom stereocenters. The van der Waals surface area contributed by atoms with Crippen molar-refractivity contribution in [3.63, 3.8) is 0 Å². The molecule has 1 heterocycles. The minimum atomic E-state index is -0.128. The lowest BCUT2D eigenvalue weighted by molar-refractivity contribution is 0.0934. The monoisotopic (exact) mass is 362 g/mol. The molecular formula is C19H20Cl2N2O. The number of fused-ring (bicyclic) bond motifs is 1. The van der Waals surface area contributed by atoms with Crippen LogP contribution < -0.4 is 5.32 Å². The second-order valence-corrected chi connectivity index (χ2v) is 7.20. The van der Waals surface area contributed by atoms with E-state index in [-0.39, 0.29) is 11.9 Å². The van der Waals surface area contributed by atoms with Crippen LogP contribution in [0.25, 0.3) is 0 Å². The lowest BCUT2D eigenvalue weighted by atomic mass is 9.93. The minimum absolute atomic E-state index is 0.128. The lowest BCUT2D eigenvalue weighted by Gasteiger charge is -2.34. The largest absolute Gasteiger partial charge is 0.350 e. The van der Waals surface area contributed by atoms with Gasteiger partial charge in [-0.05, 0) is 49.7 Å². The average Bonchev–Trinajstić information content (AvgIpc) is 2.55. The Bertz CT molecular complexity index is 776. The summed E-state index contributed by atoms with van der Waals surface area (Å²) in [4.78, 5) is 14.6. The number of hydrogen-bond acceptors (Lipinski definition) is 2. The maximum atomic E-state index is 12.3. The van der Waals surface area contributed by atoms with Crippen molar-refractivity contribution in [2.75, 3.05) is 13.6 Å². The fraction of sp³-hybridized carbons (Fsp3) is 0.316. The number of rotatable bonds is 3. The van der Waals surface area contributed by atoms with Gasteiger partial charge in [-0.1, -0.05) is 47.0 Å². The Labute approximate surface area is 152 Å². The molecule has 0 radical (unpaired) electrons. The van der Waals surface area contributed by atoms with E-state index in [0.717, 1.165) is 13.0 Å². The van der Waals surface area contributed by atoms with Gasteiger partial charge >= 0.3 is 0 Å². The van der Waals surface area contributed by atoms with Crippen LogP contribution >= 0.6 is 23.2 Å². The van der Waals surface area contributed by atoms with Crippen molar-refractivity contribution in [1.82, 2.24) is 10.2 Å². The molecule has 0 fully saturated rings. The van der Waals surface area contributed by atoms with Gasteiger partial charge in [0.15, 0.2) is 0 Å². The topological polar surface area (TPSA) is 32.3 Å². The van der Waals surface area contributed by atoms with Gasteiger partial charge in [-0.25, -0.2) is 0 Å². The zero-order valence-corrected chi connectivity index (χ0v) is 15.3. The highest BCUT2D eigenvalue weighted by molar-refractivity contribution is 6.42. The van der Waals surface area contributed by atoms with E-state index < -0.39 is 0 Å². The highest BCUT2D eigenvalue weighted by Crippen LogP contribution is 2.24. The van der Waals surface area contributed by atoms with E-state index >= 15 is 0 Å². The number of carbonyl (C=O) groups excluding carboxylic acids is 1. The van der Waals surface area contributed by atoms with E-state index in [1.165, 1.54) is 16.7 Å². The number of halogens is 2. The molecule has 24 heavy (non-hydrogen) atoms. The number of nitrogens with one attached hydrogen (secondary N) is 1. The molecule has 0 aromatic heterocycles. The second-order valence-electron chi connectivity index (χ2n) is 6.38. The summed E-state index contributed by atoms with van der Waals surface area (Å²) < 4.78 is 0. The van der Waals surface area contributed by atoms with Crippen LogP contribution in [0, 0.1) is 6.92 Å². The Hall–Kier alpha value is -1.55. The highest BCUT2D eigenvalue weighted by Gasteiger charge is 2.23. The van der Waals surface area contributed by atoms with Crippen LogP contribution in [0.15, 0.2) is 36.4 Å². The first-order valence-corrected chi connectivity index (χ1v) is 8.71. The first-order valence-electron chi connectivity index (χ1n) is 7.96. The first-order chi connectivity index (χ1) is 11.4. The van der Waals surface area contributed by atoms with Gasteiger partial charge in [-0.3, -0.25) is 9.69 Å². The van der Waals surface area contributed by atoms with Gasteiger partial charge in [0, 0.05) is 24.7 Å². The molecule has 126 valence electrons. The molecular weight excluding hydrogens is 343 g/mol. The Kier molecular flexibility index (Phi) is 5.14. The fourth-order valence-electron chi connectivity index (χ4n) is 3.09. The van der Waals surface area contributed by atoms with Gasteiger partial charge in [-0.15, -0.1) is 0 Å². The average molecular weight is 363 g/mol. The minimum Gasteiger partial charge on any atom is -0.350 e. The molecule has 3 rings (SSSR count). The summed E-state index contributed by atoms with van der Waals surface area (Å²) in [7, 11) is 2.10. The summed E-state index contributed by atoms with van der Waals surface area (Å²) in [6.07, 6.45) is 0.938. The molecule has 3 nitrogen and oxygen atoms in total. The molecule has 0 aliphatic carbocycles. The van der Waals surface area contributed by atoms with Crippen molar-refractivity contribution in [2.45, 2.75) is 25.9 Å². The van der Waals surface area contributed by atoms with E-state index in [4.69, 9.17) is 23.2 Å². The number of hydrogen-bond donors (Lipinski definition) is 1. The standard InChI is InChI=1S/C19H20Cl2N2O/c1-12-3-4-13-8-16(23(2)11-15(13)7-12)10-22-19(24)14-5-6-17(20)18(21)9-14/h3-7,9,16H,8,10-11H2,1-2H3,(H,22,24)/t16-/m1/s1. The van der Waals surface area contributed by atoms with Gasteiger partial charge in [-0.2, -0.15) is 0 Å². The maximum absolute atomic E-state index is 12.3. The molecule has 0 unspecified atom stereocenters. The molecule has 5 heteroatoms. The van der Waals surface area contributed by atoms with Crippen molar-refractivity contribution in [3.8, 4) is 0 Å². The normalized spacial score (nSPS) is 17.4. The number of likely N-dealkylation sites (N-methyl/N-ethyl adjacent to an activating group) is 1. The number of aryl methyl sites for hydroxylation is 1. The summed E-state index contributed by atoms with van der Waals surface area (Å²) in [5.74, 6) is -0.128. The number of nitrogens with zero attached hydrogens (tertiary/aromatic N) is 1. The summed E-state index contributed by atoms with van der Waals surface area (Å²) >= 11 is 11.9. The Morgan fingerprint density at radius 2 is 1.96 bits per heavy atom. The van der Waals surface area contributed by atoms with Crippen molar-refractivity contribution in [1.29, 1.82) is 0 Å². The zero-order valence-electron chi connectivity index (χ0n) is 13.8. The smallest absolute Gasteiger partial charge is 0.251 e. The van der Waals surface area contributed by atoms with Crippen molar-refractivity contribution in [2.24, 2.45) is 0 Å². The van der Waals surface area contributed by atoms with Crippen LogP contribution in [-0.4, -0.2) is 30.4 Å². The molecule has 1 amide bonds. The summed E-state index contributed by atoms with van der Waals surface area (Å²) in [6.45, 7) is 3.62. The fourth-order valence-corrected chi connectivity index (χ4v) is 3.38. The third-order valence-corrected chi connectivity index (χ3v) is 5.28.